The molecule has 2 fully saturated rings. The molecule has 1 saturated heterocycles. The fraction of sp³-hybridized carbons (Fsp3) is 0.765. The third-order valence-electron chi connectivity index (χ3n) is 5.22. The number of nitrogens with zero attached hydrogens (tertiary/aromatic N) is 5. The molecule has 25 heavy (non-hydrogen) atoms. The minimum atomic E-state index is -3.30. The van der Waals surface area contributed by atoms with Crippen molar-refractivity contribution in [3.05, 3.63) is 23.8 Å². The predicted octanol–water partition coefficient (Wildman–Crippen LogP) is 1.45. The molecule has 0 amide bonds. The first-order chi connectivity index (χ1) is 12.0. The summed E-state index contributed by atoms with van der Waals surface area (Å²) >= 11 is 0. The maximum atomic E-state index is 12.2. The largest absolute Gasteiger partial charge is 0.296 e. The van der Waals surface area contributed by atoms with Crippen LogP contribution in [0.5, 0.6) is 0 Å². The normalized spacial score (nSPS) is 21.7. The van der Waals surface area contributed by atoms with Gasteiger partial charge >= 0.3 is 0 Å². The molecule has 0 unspecified atom stereocenters. The summed E-state index contributed by atoms with van der Waals surface area (Å²) in [5.74, 6) is 1.52. The third-order valence-corrected chi connectivity index (χ3v) is 7.16. The van der Waals surface area contributed by atoms with Gasteiger partial charge in [-0.2, -0.15) is 17.0 Å². The van der Waals surface area contributed by atoms with Gasteiger partial charge in [-0.25, -0.2) is 9.97 Å². The van der Waals surface area contributed by atoms with E-state index in [0.717, 1.165) is 31.0 Å². The van der Waals surface area contributed by atoms with Gasteiger partial charge < -0.3 is 0 Å². The summed E-state index contributed by atoms with van der Waals surface area (Å²) < 4.78 is 27.1. The molecular weight excluding hydrogens is 338 g/mol. The van der Waals surface area contributed by atoms with E-state index in [9.17, 15) is 8.42 Å². The van der Waals surface area contributed by atoms with Crippen LogP contribution in [0.25, 0.3) is 0 Å². The van der Waals surface area contributed by atoms with Crippen LogP contribution < -0.4 is 0 Å². The molecule has 0 radical (unpaired) electrons. The van der Waals surface area contributed by atoms with Crippen molar-refractivity contribution in [2.24, 2.45) is 0 Å². The van der Waals surface area contributed by atoms with Crippen LogP contribution in [0, 0.1) is 0 Å². The first-order valence-electron chi connectivity index (χ1n) is 9.17. The predicted molar refractivity (Wildman–Crippen MR) is 97.3 cm³/mol. The molecule has 1 aromatic rings. The highest BCUT2D eigenvalue weighted by Crippen LogP contribution is 2.30. The van der Waals surface area contributed by atoms with Gasteiger partial charge in [0, 0.05) is 70.7 Å². The Labute approximate surface area is 151 Å². The van der Waals surface area contributed by atoms with Crippen molar-refractivity contribution < 1.29 is 8.42 Å². The maximum absolute atomic E-state index is 12.2. The highest BCUT2D eigenvalue weighted by Gasteiger charge is 2.28. The van der Waals surface area contributed by atoms with Crippen molar-refractivity contribution in [3.63, 3.8) is 0 Å². The molecule has 7 nitrogen and oxygen atoms in total. The van der Waals surface area contributed by atoms with Gasteiger partial charge in [-0.15, -0.1) is 0 Å². The Hall–Kier alpha value is -1.09. The monoisotopic (exact) mass is 367 g/mol. The first kappa shape index (κ1) is 18.7. The second-order valence-electron chi connectivity index (χ2n) is 7.25. The number of piperazine rings is 1. The Kier molecular flexibility index (Phi) is 6.04. The lowest BCUT2D eigenvalue weighted by Crippen LogP contribution is -2.51. The fourth-order valence-electron chi connectivity index (χ4n) is 3.63. The molecule has 3 rings (SSSR count). The van der Waals surface area contributed by atoms with Crippen LogP contribution in [-0.4, -0.2) is 72.2 Å². The van der Waals surface area contributed by atoms with E-state index in [4.69, 9.17) is 0 Å². The standard InChI is InChI=1S/C17H29N5O2S/c1-20(2)25(23,24)22-10-8-21(9-11-22)14-15-12-18-17(19-13-15)16-6-4-3-5-7-16/h12-13,16H,3-11,14H2,1-2H3. The van der Waals surface area contributed by atoms with E-state index in [1.54, 1.807) is 18.4 Å². The summed E-state index contributed by atoms with van der Waals surface area (Å²) in [6, 6.07) is 0. The second-order valence-corrected chi connectivity index (χ2v) is 9.39. The number of hydrogen-bond acceptors (Lipinski definition) is 5. The SMILES string of the molecule is CN(C)S(=O)(=O)N1CCN(Cc2cnc(C3CCCCC3)nc2)CC1. The lowest BCUT2D eigenvalue weighted by molar-refractivity contribution is 0.177. The summed E-state index contributed by atoms with van der Waals surface area (Å²) in [6.07, 6.45) is 10.2. The van der Waals surface area contributed by atoms with Gasteiger partial charge in [0.15, 0.2) is 0 Å². The first-order valence-corrected chi connectivity index (χ1v) is 10.6. The Morgan fingerprint density at radius 2 is 1.64 bits per heavy atom. The van der Waals surface area contributed by atoms with Crippen LogP contribution in [0.3, 0.4) is 0 Å². The summed E-state index contributed by atoms with van der Waals surface area (Å²) in [5, 5.41) is 0. The molecule has 1 aromatic heterocycles. The van der Waals surface area contributed by atoms with Crippen LogP contribution in [0.2, 0.25) is 0 Å². The van der Waals surface area contributed by atoms with E-state index < -0.39 is 10.2 Å². The lowest BCUT2D eigenvalue weighted by atomic mass is 9.89. The Bertz CT molecular complexity index is 648. The van der Waals surface area contributed by atoms with Crippen molar-refractivity contribution in [3.8, 4) is 0 Å². The zero-order valence-corrected chi connectivity index (χ0v) is 16.1. The van der Waals surface area contributed by atoms with E-state index >= 15 is 0 Å². The number of rotatable bonds is 5. The van der Waals surface area contributed by atoms with Gasteiger partial charge in [-0.1, -0.05) is 19.3 Å². The molecule has 0 spiro atoms. The summed E-state index contributed by atoms with van der Waals surface area (Å²) in [4.78, 5) is 11.5. The van der Waals surface area contributed by atoms with Crippen LogP contribution in [0.15, 0.2) is 12.4 Å². The molecule has 1 saturated carbocycles. The van der Waals surface area contributed by atoms with Crippen molar-refractivity contribution in [2.75, 3.05) is 40.3 Å². The minimum Gasteiger partial charge on any atom is -0.296 e. The zero-order chi connectivity index (χ0) is 17.9. The molecule has 140 valence electrons. The number of hydrogen-bond donors (Lipinski definition) is 0. The van der Waals surface area contributed by atoms with Gasteiger partial charge in [0.05, 0.1) is 0 Å². The van der Waals surface area contributed by atoms with Crippen LogP contribution in [-0.2, 0) is 16.8 Å². The van der Waals surface area contributed by atoms with Gasteiger partial charge in [-0.3, -0.25) is 4.90 Å². The topological polar surface area (TPSA) is 69.6 Å². The Morgan fingerprint density at radius 3 is 2.20 bits per heavy atom. The summed E-state index contributed by atoms with van der Waals surface area (Å²) in [7, 11) is -0.146. The van der Waals surface area contributed by atoms with E-state index in [-0.39, 0.29) is 0 Å². The molecule has 0 bridgehead atoms. The third kappa shape index (κ3) is 4.55. The fourth-order valence-corrected chi connectivity index (χ4v) is 4.71. The lowest BCUT2D eigenvalue weighted by Gasteiger charge is -2.35. The average molecular weight is 368 g/mol. The van der Waals surface area contributed by atoms with Crippen LogP contribution in [0.1, 0.15) is 49.4 Å². The molecule has 8 heteroatoms. The van der Waals surface area contributed by atoms with Crippen molar-refractivity contribution >= 4 is 10.2 Å². The Balaban J connectivity index is 1.52. The molecular formula is C17H29N5O2S. The van der Waals surface area contributed by atoms with E-state index in [0.29, 0.717) is 19.0 Å². The maximum Gasteiger partial charge on any atom is 0.281 e. The van der Waals surface area contributed by atoms with E-state index in [1.807, 2.05) is 12.4 Å². The van der Waals surface area contributed by atoms with Crippen LogP contribution >= 0.6 is 0 Å². The van der Waals surface area contributed by atoms with Gasteiger partial charge in [-0.05, 0) is 12.8 Å². The molecule has 2 heterocycles. The van der Waals surface area contributed by atoms with Crippen LogP contribution in [0.4, 0.5) is 0 Å². The molecule has 0 atom stereocenters. The van der Waals surface area contributed by atoms with Gasteiger partial charge in [0.1, 0.15) is 5.82 Å². The van der Waals surface area contributed by atoms with E-state index in [2.05, 4.69) is 14.9 Å². The van der Waals surface area contributed by atoms with Crippen molar-refractivity contribution in [1.82, 2.24) is 23.5 Å². The Morgan fingerprint density at radius 1 is 1.04 bits per heavy atom. The molecule has 1 aliphatic heterocycles. The molecule has 1 aliphatic carbocycles. The number of aromatic nitrogens is 2. The zero-order valence-electron chi connectivity index (χ0n) is 15.3. The summed E-state index contributed by atoms with van der Waals surface area (Å²) in [6.45, 7) is 3.30. The highest BCUT2D eigenvalue weighted by molar-refractivity contribution is 7.86. The van der Waals surface area contributed by atoms with E-state index in [1.165, 1.54) is 36.4 Å². The van der Waals surface area contributed by atoms with Crippen molar-refractivity contribution in [1.29, 1.82) is 0 Å². The molecule has 0 aromatic carbocycles. The average Bonchev–Trinajstić information content (AvgIpc) is 2.63. The summed E-state index contributed by atoms with van der Waals surface area (Å²) in [5.41, 5.74) is 1.10. The minimum absolute atomic E-state index is 0.529. The molecule has 0 N–H and O–H groups in total. The second kappa shape index (κ2) is 8.07. The smallest absolute Gasteiger partial charge is 0.281 e. The quantitative estimate of drug-likeness (QED) is 0.788. The van der Waals surface area contributed by atoms with Crippen molar-refractivity contribution in [2.45, 2.75) is 44.6 Å². The van der Waals surface area contributed by atoms with Gasteiger partial charge in [0.25, 0.3) is 10.2 Å². The van der Waals surface area contributed by atoms with Gasteiger partial charge in [0.2, 0.25) is 0 Å². The highest BCUT2D eigenvalue weighted by atomic mass is 32.2. The molecule has 2 aliphatic rings.